The molecule has 3 aliphatic rings. The molecule has 0 heteroatoms. The third-order valence-electron chi connectivity index (χ3n) is 3.90. The van der Waals surface area contributed by atoms with Gasteiger partial charge < -0.3 is 0 Å². The van der Waals surface area contributed by atoms with Gasteiger partial charge in [0.05, 0.1) is 0 Å². The van der Waals surface area contributed by atoms with Crippen LogP contribution in [-0.4, -0.2) is 0 Å². The third-order valence-corrected chi connectivity index (χ3v) is 3.90. The molecule has 0 aromatic rings. The summed E-state index contributed by atoms with van der Waals surface area (Å²) in [6.45, 7) is 4.91. The molecule has 0 heterocycles. The van der Waals surface area contributed by atoms with Crippen molar-refractivity contribution in [2.24, 2.45) is 23.7 Å². The first-order valence-electron chi connectivity index (χ1n) is 5.25. The summed E-state index contributed by atoms with van der Waals surface area (Å²) >= 11 is 0. The van der Waals surface area contributed by atoms with Crippen molar-refractivity contribution in [1.29, 1.82) is 0 Å². The molecule has 0 aliphatic heterocycles. The van der Waals surface area contributed by atoms with E-state index in [4.69, 9.17) is 0 Å². The minimum absolute atomic E-state index is 1.03. The molecule has 0 spiro atoms. The molecule has 0 amide bonds. The Kier molecular flexibility index (Phi) is 1.95. The van der Waals surface area contributed by atoms with Crippen LogP contribution in [0.5, 0.6) is 0 Å². The van der Waals surface area contributed by atoms with Crippen LogP contribution in [0.25, 0.3) is 0 Å². The van der Waals surface area contributed by atoms with E-state index in [-0.39, 0.29) is 0 Å². The summed E-state index contributed by atoms with van der Waals surface area (Å²) < 4.78 is 0. The maximum absolute atomic E-state index is 2.47. The van der Waals surface area contributed by atoms with Gasteiger partial charge in [0.15, 0.2) is 0 Å². The lowest BCUT2D eigenvalue weighted by atomic mass is 9.77. The summed E-state index contributed by atoms with van der Waals surface area (Å²) in [6.07, 6.45) is 7.67. The molecule has 11 heavy (non-hydrogen) atoms. The van der Waals surface area contributed by atoms with Gasteiger partial charge in [0.25, 0.3) is 0 Å². The van der Waals surface area contributed by atoms with Crippen LogP contribution in [0.15, 0.2) is 0 Å². The molecule has 3 fully saturated rings. The Morgan fingerprint density at radius 3 is 2.45 bits per heavy atom. The van der Waals surface area contributed by atoms with Crippen LogP contribution in [0.4, 0.5) is 0 Å². The SMILES string of the molecule is CC1CC2CCC(C1)C(C)C2. The first kappa shape index (κ1) is 7.64. The zero-order valence-electron chi connectivity index (χ0n) is 7.84. The van der Waals surface area contributed by atoms with Crippen molar-refractivity contribution in [1.82, 2.24) is 0 Å². The summed E-state index contributed by atoms with van der Waals surface area (Å²) in [7, 11) is 0. The van der Waals surface area contributed by atoms with Crippen LogP contribution in [0, 0.1) is 23.7 Å². The van der Waals surface area contributed by atoms with Gasteiger partial charge in [0, 0.05) is 0 Å². The Hall–Kier alpha value is 0. The Labute approximate surface area is 70.4 Å². The second-order valence-electron chi connectivity index (χ2n) is 4.99. The number of fused-ring (bicyclic) bond motifs is 4. The minimum Gasteiger partial charge on any atom is -0.0625 e. The van der Waals surface area contributed by atoms with E-state index in [9.17, 15) is 0 Å². The van der Waals surface area contributed by atoms with Crippen molar-refractivity contribution in [3.05, 3.63) is 0 Å². The van der Waals surface area contributed by atoms with Gasteiger partial charge in [-0.2, -0.15) is 0 Å². The molecule has 0 aromatic carbocycles. The maximum atomic E-state index is 2.47. The van der Waals surface area contributed by atoms with Crippen molar-refractivity contribution in [2.75, 3.05) is 0 Å². The number of hydrogen-bond acceptors (Lipinski definition) is 0. The zero-order chi connectivity index (χ0) is 7.84. The van der Waals surface area contributed by atoms with Crippen molar-refractivity contribution in [3.8, 4) is 0 Å². The fourth-order valence-corrected chi connectivity index (χ4v) is 3.32. The number of hydrogen-bond donors (Lipinski definition) is 0. The van der Waals surface area contributed by atoms with Gasteiger partial charge in [0.1, 0.15) is 0 Å². The van der Waals surface area contributed by atoms with Crippen molar-refractivity contribution in [2.45, 2.75) is 46.0 Å². The molecule has 64 valence electrons. The molecular weight excluding hydrogens is 132 g/mol. The Balaban J connectivity index is 2.10. The highest BCUT2D eigenvalue weighted by Crippen LogP contribution is 2.44. The Morgan fingerprint density at radius 2 is 1.73 bits per heavy atom. The average molecular weight is 152 g/mol. The highest BCUT2D eigenvalue weighted by Gasteiger charge is 2.33. The largest absolute Gasteiger partial charge is 0.0625 e. The van der Waals surface area contributed by atoms with E-state index in [1.807, 2.05) is 0 Å². The topological polar surface area (TPSA) is 0 Å². The molecule has 2 bridgehead atoms. The molecule has 0 nitrogen and oxygen atoms in total. The highest BCUT2D eigenvalue weighted by atomic mass is 14.4. The lowest BCUT2D eigenvalue weighted by Gasteiger charge is -2.29. The van der Waals surface area contributed by atoms with Gasteiger partial charge in [-0.15, -0.1) is 0 Å². The third kappa shape index (κ3) is 1.45. The highest BCUT2D eigenvalue weighted by molar-refractivity contribution is 4.84. The lowest BCUT2D eigenvalue weighted by molar-refractivity contribution is 0.219. The van der Waals surface area contributed by atoms with Crippen LogP contribution < -0.4 is 0 Å². The molecular formula is C11H20. The second kappa shape index (κ2) is 2.80. The van der Waals surface area contributed by atoms with E-state index in [0.717, 1.165) is 23.7 Å². The zero-order valence-corrected chi connectivity index (χ0v) is 7.84. The normalized spacial score (nSPS) is 50.7. The summed E-state index contributed by atoms with van der Waals surface area (Å²) in [4.78, 5) is 0. The Bertz CT molecular complexity index is 137. The molecule has 0 aromatic heterocycles. The molecule has 3 rings (SSSR count). The van der Waals surface area contributed by atoms with Gasteiger partial charge in [-0.1, -0.05) is 20.3 Å². The van der Waals surface area contributed by atoms with Crippen LogP contribution >= 0.6 is 0 Å². The quantitative estimate of drug-likeness (QED) is 0.498. The van der Waals surface area contributed by atoms with Gasteiger partial charge >= 0.3 is 0 Å². The van der Waals surface area contributed by atoms with Crippen LogP contribution in [0.3, 0.4) is 0 Å². The first-order chi connectivity index (χ1) is 5.25. The van der Waals surface area contributed by atoms with Gasteiger partial charge in [-0.05, 0) is 49.4 Å². The van der Waals surface area contributed by atoms with E-state index < -0.39 is 0 Å². The van der Waals surface area contributed by atoms with E-state index in [0.29, 0.717) is 0 Å². The van der Waals surface area contributed by atoms with E-state index in [1.54, 1.807) is 6.42 Å². The van der Waals surface area contributed by atoms with Crippen LogP contribution in [-0.2, 0) is 0 Å². The van der Waals surface area contributed by atoms with Crippen molar-refractivity contribution < 1.29 is 0 Å². The van der Waals surface area contributed by atoms with Crippen LogP contribution in [0.1, 0.15) is 46.0 Å². The monoisotopic (exact) mass is 152 g/mol. The molecule has 4 atom stereocenters. The van der Waals surface area contributed by atoms with E-state index in [1.165, 1.54) is 25.7 Å². The van der Waals surface area contributed by atoms with Gasteiger partial charge in [-0.25, -0.2) is 0 Å². The summed E-state index contributed by atoms with van der Waals surface area (Å²) in [5.74, 6) is 4.25. The lowest BCUT2D eigenvalue weighted by Crippen LogP contribution is -2.18. The first-order valence-corrected chi connectivity index (χ1v) is 5.25. The average Bonchev–Trinajstić information content (AvgIpc) is 2.16. The van der Waals surface area contributed by atoms with Crippen LogP contribution in [0.2, 0.25) is 0 Å². The van der Waals surface area contributed by atoms with E-state index >= 15 is 0 Å². The molecule has 3 saturated carbocycles. The van der Waals surface area contributed by atoms with E-state index in [2.05, 4.69) is 13.8 Å². The molecule has 4 unspecified atom stereocenters. The molecule has 3 aliphatic carbocycles. The molecule has 0 saturated heterocycles. The Morgan fingerprint density at radius 1 is 0.909 bits per heavy atom. The fraction of sp³-hybridized carbons (Fsp3) is 1.00. The summed E-state index contributed by atoms with van der Waals surface area (Å²) in [6, 6.07) is 0. The molecule has 0 N–H and O–H groups in total. The van der Waals surface area contributed by atoms with Crippen molar-refractivity contribution >= 4 is 0 Å². The second-order valence-corrected chi connectivity index (χ2v) is 4.99. The molecule has 0 radical (unpaired) electrons. The standard InChI is InChI=1S/C11H20/c1-8-5-10-3-4-11(6-8)9(2)7-10/h8-11H,3-7H2,1-2H3. The smallest absolute Gasteiger partial charge is 0.0386 e. The van der Waals surface area contributed by atoms with Gasteiger partial charge in [-0.3, -0.25) is 0 Å². The van der Waals surface area contributed by atoms with Crippen molar-refractivity contribution in [3.63, 3.8) is 0 Å². The number of rotatable bonds is 0. The minimum atomic E-state index is 1.03. The fourth-order valence-electron chi connectivity index (χ4n) is 3.32. The maximum Gasteiger partial charge on any atom is -0.0386 e. The van der Waals surface area contributed by atoms with Gasteiger partial charge in [0.2, 0.25) is 0 Å². The summed E-state index contributed by atoms with van der Waals surface area (Å²) in [5, 5.41) is 0. The predicted octanol–water partition coefficient (Wildman–Crippen LogP) is 3.47. The predicted molar refractivity (Wildman–Crippen MR) is 48.4 cm³/mol. The summed E-state index contributed by atoms with van der Waals surface area (Å²) in [5.41, 5.74) is 0.